The smallest absolute Gasteiger partial charge is 0.119 e. The van der Waals surface area contributed by atoms with Crippen molar-refractivity contribution in [3.05, 3.63) is 114 Å². The van der Waals surface area contributed by atoms with E-state index >= 15 is 0 Å². The van der Waals surface area contributed by atoms with Gasteiger partial charge in [-0.25, -0.2) is 0 Å². The Morgan fingerprint density at radius 2 is 1.43 bits per heavy atom. The number of rotatable bonds is 14. The van der Waals surface area contributed by atoms with Crippen LogP contribution >= 0.6 is 0 Å². The van der Waals surface area contributed by atoms with Gasteiger partial charge < -0.3 is 29.4 Å². The fourth-order valence-corrected chi connectivity index (χ4v) is 5.25. The van der Waals surface area contributed by atoms with Crippen molar-refractivity contribution in [1.82, 2.24) is 5.32 Å². The molecule has 1 heterocycles. The third-order valence-corrected chi connectivity index (χ3v) is 7.27. The van der Waals surface area contributed by atoms with Gasteiger partial charge in [0.15, 0.2) is 0 Å². The lowest BCUT2D eigenvalue weighted by Crippen LogP contribution is -2.50. The lowest BCUT2D eigenvalue weighted by Gasteiger charge is -2.38. The molecule has 210 valence electrons. The van der Waals surface area contributed by atoms with Gasteiger partial charge in [0.2, 0.25) is 0 Å². The van der Waals surface area contributed by atoms with E-state index in [9.17, 15) is 5.11 Å². The minimum Gasteiger partial charge on any atom is -0.494 e. The van der Waals surface area contributed by atoms with Crippen molar-refractivity contribution in [2.45, 2.75) is 37.8 Å². The van der Waals surface area contributed by atoms with Gasteiger partial charge in [0.25, 0.3) is 0 Å². The number of fused-ring (bicyclic) bond motifs is 1. The highest BCUT2D eigenvalue weighted by atomic mass is 16.5. The number of ether oxygens (including phenoxy) is 4. The Kier molecular flexibility index (Phi) is 10.6. The van der Waals surface area contributed by atoms with Crippen LogP contribution in [0.25, 0.3) is 10.8 Å². The minimum absolute atomic E-state index is 0.00628. The molecule has 3 unspecified atom stereocenters. The van der Waals surface area contributed by atoms with E-state index in [-0.39, 0.29) is 24.7 Å². The first-order chi connectivity index (χ1) is 19.8. The lowest BCUT2D eigenvalue weighted by atomic mass is 9.85. The number of aliphatic hydroxyl groups excluding tert-OH is 1. The number of aliphatic hydroxyl groups is 1. The first kappa shape index (κ1) is 28.3. The normalized spacial score (nSPS) is 19.1. The number of hydrogen-bond acceptors (Lipinski definition) is 6. The van der Waals surface area contributed by atoms with E-state index in [1.807, 2.05) is 30.3 Å². The van der Waals surface area contributed by atoms with Gasteiger partial charge in [0, 0.05) is 25.4 Å². The molecule has 1 saturated heterocycles. The fraction of sp³-hybridized carbons (Fsp3) is 0.353. The van der Waals surface area contributed by atoms with E-state index in [1.54, 1.807) is 0 Å². The summed E-state index contributed by atoms with van der Waals surface area (Å²) in [5.41, 5.74) is 3.47. The summed E-state index contributed by atoms with van der Waals surface area (Å²) in [4.78, 5) is 0. The number of hydrogen-bond donors (Lipinski definition) is 2. The molecule has 0 aliphatic carbocycles. The highest BCUT2D eigenvalue weighted by Crippen LogP contribution is 2.32. The first-order valence-corrected chi connectivity index (χ1v) is 14.2. The van der Waals surface area contributed by atoms with E-state index in [0.717, 1.165) is 29.8 Å². The molecular weight excluding hydrogens is 502 g/mol. The van der Waals surface area contributed by atoms with Crippen LogP contribution in [-0.4, -0.2) is 56.8 Å². The van der Waals surface area contributed by atoms with Crippen molar-refractivity contribution in [3.8, 4) is 5.75 Å². The molecule has 0 saturated carbocycles. The highest BCUT2D eigenvalue weighted by molar-refractivity contribution is 5.82. The monoisotopic (exact) mass is 541 g/mol. The molecule has 4 aromatic carbocycles. The second-order valence-electron chi connectivity index (χ2n) is 10.2. The van der Waals surface area contributed by atoms with Gasteiger partial charge in [-0.15, -0.1) is 0 Å². The molecule has 0 bridgehead atoms. The molecule has 6 heteroatoms. The summed E-state index contributed by atoms with van der Waals surface area (Å²) in [7, 11) is 0. The van der Waals surface area contributed by atoms with Crippen molar-refractivity contribution in [2.75, 3.05) is 39.5 Å². The van der Waals surface area contributed by atoms with E-state index in [4.69, 9.17) is 18.9 Å². The molecular formula is C34H39NO5. The van der Waals surface area contributed by atoms with Crippen LogP contribution < -0.4 is 10.1 Å². The van der Waals surface area contributed by atoms with E-state index in [2.05, 4.69) is 72.0 Å². The summed E-state index contributed by atoms with van der Waals surface area (Å²) in [6.45, 7) is 4.13. The van der Waals surface area contributed by atoms with Crippen LogP contribution in [0.4, 0.5) is 0 Å². The minimum atomic E-state index is -0.101. The summed E-state index contributed by atoms with van der Waals surface area (Å²) < 4.78 is 24.3. The Bertz CT molecular complexity index is 1300. The zero-order valence-electron chi connectivity index (χ0n) is 22.9. The summed E-state index contributed by atoms with van der Waals surface area (Å²) >= 11 is 0. The fourth-order valence-electron chi connectivity index (χ4n) is 5.25. The second-order valence-corrected chi connectivity index (χ2v) is 10.2. The standard InChI is InChI=1S/C34H39NO5/c36-17-20-39-32-22-35-23-33(40-25-27-11-12-28-9-4-5-10-30(28)21-27)34(32)29-13-15-31(16-14-29)38-19-6-18-37-24-26-7-2-1-3-8-26/h1-5,7-16,21,32-36H,6,17-20,22-25H2. The molecule has 1 fully saturated rings. The van der Waals surface area contributed by atoms with Crippen molar-refractivity contribution >= 4 is 10.8 Å². The first-order valence-electron chi connectivity index (χ1n) is 14.2. The SMILES string of the molecule is OCCOC1CNCC(OCc2ccc3ccccc3c2)C1c1ccc(OCCCOCc2ccccc2)cc1. The number of benzene rings is 4. The lowest BCUT2D eigenvalue weighted by molar-refractivity contribution is -0.0654. The van der Waals surface area contributed by atoms with Crippen LogP contribution in [0.3, 0.4) is 0 Å². The number of piperidine rings is 1. The summed E-state index contributed by atoms with van der Waals surface area (Å²) in [6, 6.07) is 33.3. The molecule has 0 aromatic heterocycles. The van der Waals surface area contributed by atoms with Gasteiger partial charge in [-0.2, -0.15) is 0 Å². The summed E-state index contributed by atoms with van der Waals surface area (Å²) in [5.74, 6) is 0.871. The van der Waals surface area contributed by atoms with Gasteiger partial charge in [-0.05, 0) is 45.7 Å². The van der Waals surface area contributed by atoms with Crippen molar-refractivity contribution in [2.24, 2.45) is 0 Å². The summed E-state index contributed by atoms with van der Waals surface area (Å²) in [6.07, 6.45) is 0.651. The molecule has 1 aliphatic rings. The molecule has 4 aromatic rings. The molecule has 40 heavy (non-hydrogen) atoms. The highest BCUT2D eigenvalue weighted by Gasteiger charge is 2.36. The van der Waals surface area contributed by atoms with Gasteiger partial charge >= 0.3 is 0 Å². The Balaban J connectivity index is 1.17. The molecule has 0 spiro atoms. The van der Waals surface area contributed by atoms with Crippen LogP contribution in [0.15, 0.2) is 97.1 Å². The molecule has 6 nitrogen and oxygen atoms in total. The largest absolute Gasteiger partial charge is 0.494 e. The molecule has 2 N–H and O–H groups in total. The van der Waals surface area contributed by atoms with Crippen LogP contribution in [0.1, 0.15) is 29.0 Å². The van der Waals surface area contributed by atoms with Crippen LogP contribution in [-0.2, 0) is 27.4 Å². The van der Waals surface area contributed by atoms with Crippen molar-refractivity contribution in [3.63, 3.8) is 0 Å². The molecule has 1 aliphatic heterocycles. The maximum Gasteiger partial charge on any atom is 0.119 e. The van der Waals surface area contributed by atoms with Crippen LogP contribution in [0, 0.1) is 0 Å². The molecule has 0 radical (unpaired) electrons. The topological polar surface area (TPSA) is 69.2 Å². The maximum absolute atomic E-state index is 9.39. The van der Waals surface area contributed by atoms with Crippen LogP contribution in [0.5, 0.6) is 5.75 Å². The van der Waals surface area contributed by atoms with Gasteiger partial charge in [0.05, 0.1) is 51.8 Å². The third-order valence-electron chi connectivity index (χ3n) is 7.27. The zero-order valence-corrected chi connectivity index (χ0v) is 22.9. The number of nitrogens with one attached hydrogen (secondary N) is 1. The van der Waals surface area contributed by atoms with E-state index < -0.39 is 0 Å². The third kappa shape index (κ3) is 7.90. The Morgan fingerprint density at radius 1 is 0.675 bits per heavy atom. The summed E-state index contributed by atoms with van der Waals surface area (Å²) in [5, 5.41) is 15.3. The second kappa shape index (κ2) is 14.9. The van der Waals surface area contributed by atoms with Gasteiger partial charge in [0.1, 0.15) is 5.75 Å². The Hall–Kier alpha value is -3.26. The van der Waals surface area contributed by atoms with E-state index in [0.29, 0.717) is 39.6 Å². The van der Waals surface area contributed by atoms with Gasteiger partial charge in [-0.1, -0.05) is 78.9 Å². The van der Waals surface area contributed by atoms with Crippen molar-refractivity contribution < 1.29 is 24.1 Å². The molecule has 5 rings (SSSR count). The van der Waals surface area contributed by atoms with E-state index in [1.165, 1.54) is 16.3 Å². The average molecular weight is 542 g/mol. The van der Waals surface area contributed by atoms with Crippen LogP contribution in [0.2, 0.25) is 0 Å². The Labute approximate surface area is 236 Å². The molecule has 3 atom stereocenters. The van der Waals surface area contributed by atoms with Crippen molar-refractivity contribution in [1.29, 1.82) is 0 Å². The predicted octanol–water partition coefficient (Wildman–Crippen LogP) is 5.48. The molecule has 0 amide bonds. The quantitative estimate of drug-likeness (QED) is 0.206. The van der Waals surface area contributed by atoms with Gasteiger partial charge in [-0.3, -0.25) is 0 Å². The Morgan fingerprint density at radius 3 is 2.23 bits per heavy atom. The average Bonchev–Trinajstić information content (AvgIpc) is 3.01. The predicted molar refractivity (Wildman–Crippen MR) is 158 cm³/mol. The zero-order chi connectivity index (χ0) is 27.4. The maximum atomic E-state index is 9.39.